The average Bonchev–Trinajstić information content (AvgIpc) is 3.40. The van der Waals surface area contributed by atoms with E-state index in [-0.39, 0.29) is 11.9 Å². The molecule has 1 N–H and O–H groups in total. The van der Waals surface area contributed by atoms with E-state index in [4.69, 9.17) is 0 Å². The summed E-state index contributed by atoms with van der Waals surface area (Å²) < 4.78 is 38.5. The van der Waals surface area contributed by atoms with Crippen LogP contribution in [0.5, 0.6) is 0 Å². The number of nitrogens with one attached hydrogen (secondary N) is 1. The van der Waals surface area contributed by atoms with Crippen LogP contribution in [0.15, 0.2) is 24.3 Å². The maximum Gasteiger partial charge on any atom is 0.416 e. The molecule has 138 valence electrons. The molecule has 1 aliphatic carbocycles. The van der Waals surface area contributed by atoms with Crippen molar-refractivity contribution in [3.8, 4) is 0 Å². The lowest BCUT2D eigenvalue weighted by Crippen LogP contribution is -2.50. The predicted octanol–water partition coefficient (Wildman–Crippen LogP) is 2.74. The molecular weight excluding hydrogens is 331 g/mol. The minimum atomic E-state index is -4.33. The van der Waals surface area contributed by atoms with Crippen LogP contribution >= 0.6 is 0 Å². The van der Waals surface area contributed by atoms with E-state index in [1.807, 2.05) is 11.8 Å². The summed E-state index contributed by atoms with van der Waals surface area (Å²) in [6.45, 7) is 4.97. The van der Waals surface area contributed by atoms with E-state index < -0.39 is 11.7 Å². The molecule has 2 aliphatic rings. The molecule has 1 aliphatic heterocycles. The highest BCUT2D eigenvalue weighted by Crippen LogP contribution is 2.32. The molecule has 25 heavy (non-hydrogen) atoms. The topological polar surface area (TPSA) is 35.6 Å². The maximum absolute atomic E-state index is 12.8. The third-order valence-corrected chi connectivity index (χ3v) is 5.00. The molecule has 1 atom stereocenters. The Kier molecular flexibility index (Phi) is 5.22. The van der Waals surface area contributed by atoms with E-state index in [1.165, 1.54) is 25.0 Å². The summed E-state index contributed by atoms with van der Waals surface area (Å²) in [6, 6.07) is 5.66. The number of nitrogens with zero attached hydrogens (tertiary/aromatic N) is 2. The first-order chi connectivity index (χ1) is 11.8. The fraction of sp³-hybridized carbons (Fsp3) is 0.611. The number of hydrogen-bond donors (Lipinski definition) is 1. The molecule has 0 radical (unpaired) electrons. The minimum absolute atomic E-state index is 0.0342. The van der Waals surface area contributed by atoms with Gasteiger partial charge in [-0.2, -0.15) is 13.2 Å². The lowest BCUT2D eigenvalue weighted by Gasteiger charge is -2.36. The summed E-state index contributed by atoms with van der Waals surface area (Å²) in [6.07, 6.45) is -1.94. The largest absolute Gasteiger partial charge is 0.416 e. The molecule has 0 bridgehead atoms. The maximum atomic E-state index is 12.8. The Morgan fingerprint density at radius 3 is 2.52 bits per heavy atom. The van der Waals surface area contributed by atoms with Gasteiger partial charge in [0.2, 0.25) is 5.91 Å². The Morgan fingerprint density at radius 2 is 1.92 bits per heavy atom. The van der Waals surface area contributed by atoms with Crippen LogP contribution in [0.3, 0.4) is 0 Å². The van der Waals surface area contributed by atoms with Crippen LogP contribution < -0.4 is 10.2 Å². The molecule has 4 nitrogen and oxygen atoms in total. The number of rotatable bonds is 5. The van der Waals surface area contributed by atoms with Crippen molar-refractivity contribution < 1.29 is 18.0 Å². The van der Waals surface area contributed by atoms with Gasteiger partial charge >= 0.3 is 6.18 Å². The van der Waals surface area contributed by atoms with Gasteiger partial charge in [0.15, 0.2) is 0 Å². The van der Waals surface area contributed by atoms with Crippen LogP contribution in [-0.4, -0.2) is 49.6 Å². The highest BCUT2D eigenvalue weighted by molar-refractivity contribution is 5.78. The van der Waals surface area contributed by atoms with Gasteiger partial charge in [0, 0.05) is 37.9 Å². The number of carbonyl (C=O) groups excluding carboxylic acids is 1. The lowest BCUT2D eigenvalue weighted by atomic mass is 10.1. The summed E-state index contributed by atoms with van der Waals surface area (Å²) in [5, 5.41) is 3.04. The number of amides is 1. The summed E-state index contributed by atoms with van der Waals surface area (Å²) in [7, 11) is 0. The van der Waals surface area contributed by atoms with Gasteiger partial charge in [-0.3, -0.25) is 9.69 Å². The number of carbonyl (C=O) groups is 1. The third kappa shape index (κ3) is 4.87. The van der Waals surface area contributed by atoms with E-state index in [0.29, 0.717) is 44.3 Å². The summed E-state index contributed by atoms with van der Waals surface area (Å²) in [4.78, 5) is 16.1. The molecule has 2 fully saturated rings. The monoisotopic (exact) mass is 355 g/mol. The predicted molar refractivity (Wildman–Crippen MR) is 90.4 cm³/mol. The Hall–Kier alpha value is -1.76. The summed E-state index contributed by atoms with van der Waals surface area (Å²) in [5.74, 6) is 0.661. The number of piperazine rings is 1. The second-order valence-corrected chi connectivity index (χ2v) is 7.00. The zero-order valence-electron chi connectivity index (χ0n) is 14.4. The van der Waals surface area contributed by atoms with Crippen LogP contribution in [0.4, 0.5) is 18.9 Å². The first-order valence-corrected chi connectivity index (χ1v) is 8.77. The van der Waals surface area contributed by atoms with Gasteiger partial charge in [0.25, 0.3) is 0 Å². The third-order valence-electron chi connectivity index (χ3n) is 5.00. The number of anilines is 1. The fourth-order valence-electron chi connectivity index (χ4n) is 3.26. The molecule has 1 amide bonds. The van der Waals surface area contributed by atoms with Crippen molar-refractivity contribution >= 4 is 11.6 Å². The van der Waals surface area contributed by atoms with E-state index in [0.717, 1.165) is 6.07 Å². The smallest absolute Gasteiger partial charge is 0.369 e. The molecule has 1 saturated heterocycles. The van der Waals surface area contributed by atoms with Gasteiger partial charge in [-0.1, -0.05) is 6.07 Å². The molecule has 1 aromatic carbocycles. The molecule has 1 aromatic rings. The number of benzene rings is 1. The summed E-state index contributed by atoms with van der Waals surface area (Å²) >= 11 is 0. The van der Waals surface area contributed by atoms with Crippen molar-refractivity contribution in [1.29, 1.82) is 0 Å². The van der Waals surface area contributed by atoms with Gasteiger partial charge in [-0.15, -0.1) is 0 Å². The van der Waals surface area contributed by atoms with Gasteiger partial charge < -0.3 is 10.2 Å². The lowest BCUT2D eigenvalue weighted by molar-refractivity contribution is -0.137. The molecule has 0 aromatic heterocycles. The molecule has 3 rings (SSSR count). The summed E-state index contributed by atoms with van der Waals surface area (Å²) in [5.41, 5.74) is -0.0397. The van der Waals surface area contributed by atoms with E-state index >= 15 is 0 Å². The first kappa shape index (κ1) is 18.0. The zero-order valence-corrected chi connectivity index (χ0v) is 14.4. The SMILES string of the molecule is CC(NC(=O)CN1CCN(c2cccc(C(F)(F)F)c2)CC1)C1CC1. The van der Waals surface area contributed by atoms with Crippen molar-refractivity contribution in [2.75, 3.05) is 37.6 Å². The highest BCUT2D eigenvalue weighted by atomic mass is 19.4. The normalized spacial score (nSPS) is 20.4. The van der Waals surface area contributed by atoms with Crippen LogP contribution in [0.25, 0.3) is 0 Å². The molecular formula is C18H24F3N3O. The van der Waals surface area contributed by atoms with E-state index in [9.17, 15) is 18.0 Å². The average molecular weight is 355 g/mol. The van der Waals surface area contributed by atoms with Crippen LogP contribution in [-0.2, 0) is 11.0 Å². The Bertz CT molecular complexity index is 608. The van der Waals surface area contributed by atoms with Crippen molar-refractivity contribution in [2.24, 2.45) is 5.92 Å². The van der Waals surface area contributed by atoms with Crippen LogP contribution in [0.2, 0.25) is 0 Å². The molecule has 1 heterocycles. The van der Waals surface area contributed by atoms with Crippen molar-refractivity contribution in [3.63, 3.8) is 0 Å². The van der Waals surface area contributed by atoms with Gasteiger partial charge in [-0.25, -0.2) is 0 Å². The Balaban J connectivity index is 1.49. The minimum Gasteiger partial charge on any atom is -0.369 e. The number of hydrogen-bond acceptors (Lipinski definition) is 3. The second-order valence-electron chi connectivity index (χ2n) is 7.00. The molecule has 7 heteroatoms. The highest BCUT2D eigenvalue weighted by Gasteiger charge is 2.31. The van der Waals surface area contributed by atoms with Gasteiger partial charge in [0.05, 0.1) is 12.1 Å². The fourth-order valence-corrected chi connectivity index (χ4v) is 3.26. The van der Waals surface area contributed by atoms with Gasteiger partial charge in [0.1, 0.15) is 0 Å². The molecule has 1 unspecified atom stereocenters. The quantitative estimate of drug-likeness (QED) is 0.882. The van der Waals surface area contributed by atoms with Crippen LogP contribution in [0.1, 0.15) is 25.3 Å². The zero-order chi connectivity index (χ0) is 18.0. The number of alkyl halides is 3. The molecule has 1 saturated carbocycles. The van der Waals surface area contributed by atoms with Crippen molar-refractivity contribution in [1.82, 2.24) is 10.2 Å². The Labute approximate surface area is 146 Å². The molecule has 0 spiro atoms. The van der Waals surface area contributed by atoms with Crippen molar-refractivity contribution in [3.05, 3.63) is 29.8 Å². The van der Waals surface area contributed by atoms with E-state index in [1.54, 1.807) is 6.07 Å². The Morgan fingerprint density at radius 1 is 1.24 bits per heavy atom. The van der Waals surface area contributed by atoms with Crippen LogP contribution in [0, 0.1) is 5.92 Å². The van der Waals surface area contributed by atoms with Crippen molar-refractivity contribution in [2.45, 2.75) is 32.0 Å². The standard InChI is InChI=1S/C18H24F3N3O/c1-13(14-5-6-14)22-17(25)12-23-7-9-24(10-8-23)16-4-2-3-15(11-16)18(19,20)21/h2-4,11,13-14H,5-10,12H2,1H3,(H,22,25). The number of halogens is 3. The second kappa shape index (κ2) is 7.23. The van der Waals surface area contributed by atoms with E-state index in [2.05, 4.69) is 10.2 Å². The first-order valence-electron chi connectivity index (χ1n) is 8.77. The van der Waals surface area contributed by atoms with Gasteiger partial charge in [-0.05, 0) is 43.9 Å².